The predicted octanol–water partition coefficient (Wildman–Crippen LogP) is 3.08. The minimum absolute atomic E-state index is 0.638. The molecule has 1 N–H and O–H groups in total. The summed E-state index contributed by atoms with van der Waals surface area (Å²) in [7, 11) is 2.21. The number of piperazine rings is 1. The van der Waals surface area contributed by atoms with Crippen LogP contribution in [0.1, 0.15) is 32.4 Å². The molecule has 1 aromatic heterocycles. The summed E-state index contributed by atoms with van der Waals surface area (Å²) in [5.41, 5.74) is 0.983. The number of likely N-dealkylation sites (N-methyl/N-ethyl adjacent to an activating group) is 1. The van der Waals surface area contributed by atoms with Gasteiger partial charge in [0.05, 0.1) is 10.7 Å². The lowest BCUT2D eigenvalue weighted by Crippen LogP contribution is -2.50. The van der Waals surface area contributed by atoms with Crippen LogP contribution in [0, 0.1) is 0 Å². The third kappa shape index (κ3) is 4.56. The van der Waals surface area contributed by atoms with Crippen LogP contribution >= 0.6 is 11.6 Å². The molecular formula is C16H27ClN4. The van der Waals surface area contributed by atoms with E-state index in [0.29, 0.717) is 6.04 Å². The molecule has 1 aliphatic rings. The Morgan fingerprint density at radius 3 is 2.86 bits per heavy atom. The summed E-state index contributed by atoms with van der Waals surface area (Å²) in [5.74, 6) is 0.928. The normalized spacial score (nSPS) is 20.7. The second-order valence-electron chi connectivity index (χ2n) is 5.83. The van der Waals surface area contributed by atoms with Crippen LogP contribution in [0.15, 0.2) is 12.1 Å². The van der Waals surface area contributed by atoms with Crippen molar-refractivity contribution in [3.63, 3.8) is 0 Å². The standard InChI is InChI=1S/C16H27ClN4/c1-4-8-18-16-7-6-14(17)15(19-16)12-21-10-9-20(3)13(5-2)11-21/h6-7,13H,4-5,8-12H2,1-3H3,(H,18,19). The average Bonchev–Trinajstić information content (AvgIpc) is 2.50. The van der Waals surface area contributed by atoms with Crippen LogP contribution in [0.2, 0.25) is 5.02 Å². The first-order valence-corrected chi connectivity index (χ1v) is 8.33. The van der Waals surface area contributed by atoms with Crippen LogP contribution in [0.25, 0.3) is 0 Å². The lowest BCUT2D eigenvalue weighted by atomic mass is 10.1. The summed E-state index contributed by atoms with van der Waals surface area (Å²) in [5, 5.41) is 4.10. The minimum atomic E-state index is 0.638. The van der Waals surface area contributed by atoms with Crippen molar-refractivity contribution in [3.05, 3.63) is 22.8 Å². The first kappa shape index (κ1) is 16.5. The van der Waals surface area contributed by atoms with Gasteiger partial charge in [0.15, 0.2) is 0 Å². The largest absolute Gasteiger partial charge is 0.370 e. The first-order chi connectivity index (χ1) is 10.1. The predicted molar refractivity (Wildman–Crippen MR) is 90.0 cm³/mol. The van der Waals surface area contributed by atoms with E-state index >= 15 is 0 Å². The van der Waals surface area contributed by atoms with Crippen molar-refractivity contribution in [3.8, 4) is 0 Å². The molecule has 1 saturated heterocycles. The third-order valence-electron chi connectivity index (χ3n) is 4.18. The second-order valence-corrected chi connectivity index (χ2v) is 6.24. The molecule has 0 aromatic carbocycles. The molecule has 1 unspecified atom stereocenters. The summed E-state index contributed by atoms with van der Waals surface area (Å²) >= 11 is 6.32. The van der Waals surface area contributed by atoms with Crippen LogP contribution < -0.4 is 5.32 Å². The van der Waals surface area contributed by atoms with Crippen molar-refractivity contribution in [1.82, 2.24) is 14.8 Å². The molecule has 1 aliphatic heterocycles. The number of hydrogen-bond acceptors (Lipinski definition) is 4. The van der Waals surface area contributed by atoms with Crippen molar-refractivity contribution in [1.29, 1.82) is 0 Å². The molecule has 0 aliphatic carbocycles. The van der Waals surface area contributed by atoms with Gasteiger partial charge in [-0.2, -0.15) is 0 Å². The number of halogens is 1. The van der Waals surface area contributed by atoms with E-state index in [1.165, 1.54) is 6.42 Å². The Kier molecular flexibility index (Phi) is 6.27. The number of nitrogens with zero attached hydrogens (tertiary/aromatic N) is 3. The van der Waals surface area contributed by atoms with Crippen molar-refractivity contribution in [2.24, 2.45) is 0 Å². The van der Waals surface area contributed by atoms with Crippen molar-refractivity contribution in [2.45, 2.75) is 39.3 Å². The fourth-order valence-electron chi connectivity index (χ4n) is 2.75. The van der Waals surface area contributed by atoms with Gasteiger partial charge >= 0.3 is 0 Å². The van der Waals surface area contributed by atoms with E-state index in [9.17, 15) is 0 Å². The maximum Gasteiger partial charge on any atom is 0.126 e. The molecule has 21 heavy (non-hydrogen) atoms. The van der Waals surface area contributed by atoms with Crippen LogP contribution in [0.4, 0.5) is 5.82 Å². The van der Waals surface area contributed by atoms with Crippen molar-refractivity contribution < 1.29 is 0 Å². The fraction of sp³-hybridized carbons (Fsp3) is 0.688. The van der Waals surface area contributed by atoms with Gasteiger partial charge in [-0.3, -0.25) is 4.90 Å². The highest BCUT2D eigenvalue weighted by atomic mass is 35.5. The highest BCUT2D eigenvalue weighted by Gasteiger charge is 2.23. The van der Waals surface area contributed by atoms with Gasteiger partial charge in [-0.05, 0) is 32.0 Å². The Bertz CT molecular complexity index is 452. The molecule has 0 radical (unpaired) electrons. The van der Waals surface area contributed by atoms with E-state index in [4.69, 9.17) is 11.6 Å². The molecule has 118 valence electrons. The minimum Gasteiger partial charge on any atom is -0.370 e. The van der Waals surface area contributed by atoms with Gasteiger partial charge in [0, 0.05) is 38.8 Å². The van der Waals surface area contributed by atoms with E-state index < -0.39 is 0 Å². The van der Waals surface area contributed by atoms with Crippen molar-refractivity contribution in [2.75, 3.05) is 38.5 Å². The van der Waals surface area contributed by atoms with Gasteiger partial charge in [0.25, 0.3) is 0 Å². The zero-order valence-electron chi connectivity index (χ0n) is 13.4. The number of nitrogens with one attached hydrogen (secondary N) is 1. The quantitative estimate of drug-likeness (QED) is 0.875. The Morgan fingerprint density at radius 1 is 1.33 bits per heavy atom. The van der Waals surface area contributed by atoms with Crippen molar-refractivity contribution >= 4 is 17.4 Å². The Hall–Kier alpha value is -0.840. The summed E-state index contributed by atoms with van der Waals surface area (Å²) in [6.07, 6.45) is 2.28. The molecule has 5 heteroatoms. The van der Waals surface area contributed by atoms with Gasteiger partial charge in [-0.1, -0.05) is 25.4 Å². The van der Waals surface area contributed by atoms with Gasteiger partial charge in [0.1, 0.15) is 5.82 Å². The number of pyridine rings is 1. The molecule has 4 nitrogen and oxygen atoms in total. The monoisotopic (exact) mass is 310 g/mol. The highest BCUT2D eigenvalue weighted by Crippen LogP contribution is 2.20. The molecule has 0 saturated carbocycles. The van der Waals surface area contributed by atoms with Gasteiger partial charge in [-0.15, -0.1) is 0 Å². The Labute approximate surface area is 133 Å². The van der Waals surface area contributed by atoms with Gasteiger partial charge in [0.2, 0.25) is 0 Å². The maximum atomic E-state index is 6.32. The third-order valence-corrected chi connectivity index (χ3v) is 4.52. The molecule has 2 rings (SSSR count). The molecule has 0 spiro atoms. The van der Waals surface area contributed by atoms with Crippen LogP contribution in [-0.2, 0) is 6.54 Å². The van der Waals surface area contributed by atoms with E-state index in [2.05, 4.69) is 41.0 Å². The van der Waals surface area contributed by atoms with Crippen LogP contribution in [0.3, 0.4) is 0 Å². The summed E-state index contributed by atoms with van der Waals surface area (Å²) in [6.45, 7) is 9.48. The van der Waals surface area contributed by atoms with E-state index in [0.717, 1.165) is 55.7 Å². The van der Waals surface area contributed by atoms with Gasteiger partial charge < -0.3 is 10.2 Å². The number of aromatic nitrogens is 1. The van der Waals surface area contributed by atoms with E-state index in [-0.39, 0.29) is 0 Å². The zero-order chi connectivity index (χ0) is 15.2. The van der Waals surface area contributed by atoms with E-state index in [1.54, 1.807) is 0 Å². The maximum absolute atomic E-state index is 6.32. The summed E-state index contributed by atoms with van der Waals surface area (Å²) in [4.78, 5) is 9.59. The Morgan fingerprint density at radius 2 is 2.14 bits per heavy atom. The molecule has 0 bridgehead atoms. The molecule has 1 atom stereocenters. The van der Waals surface area contributed by atoms with E-state index in [1.807, 2.05) is 12.1 Å². The molecule has 1 fully saturated rings. The average molecular weight is 311 g/mol. The molecule has 2 heterocycles. The molecule has 1 aromatic rings. The zero-order valence-corrected chi connectivity index (χ0v) is 14.2. The molecule has 0 amide bonds. The van der Waals surface area contributed by atoms with Gasteiger partial charge in [-0.25, -0.2) is 4.98 Å². The molecular weight excluding hydrogens is 284 g/mol. The number of anilines is 1. The van der Waals surface area contributed by atoms with Crippen LogP contribution in [-0.4, -0.2) is 54.1 Å². The second kappa shape index (κ2) is 7.97. The number of hydrogen-bond donors (Lipinski definition) is 1. The lowest BCUT2D eigenvalue weighted by Gasteiger charge is -2.39. The summed E-state index contributed by atoms with van der Waals surface area (Å²) in [6, 6.07) is 4.55. The topological polar surface area (TPSA) is 31.4 Å². The summed E-state index contributed by atoms with van der Waals surface area (Å²) < 4.78 is 0. The number of rotatable bonds is 6. The highest BCUT2D eigenvalue weighted by molar-refractivity contribution is 6.31. The fourth-order valence-corrected chi connectivity index (χ4v) is 2.92. The smallest absolute Gasteiger partial charge is 0.126 e. The SMILES string of the molecule is CCCNc1ccc(Cl)c(CN2CCN(C)C(CC)C2)n1. The Balaban J connectivity index is 2.01. The van der Waals surface area contributed by atoms with Crippen LogP contribution in [0.5, 0.6) is 0 Å². The first-order valence-electron chi connectivity index (χ1n) is 7.96. The lowest BCUT2D eigenvalue weighted by molar-refractivity contribution is 0.0876.